The molecule has 2 aromatic heterocycles. The smallest absolute Gasteiger partial charge is 0.387 e. The molecule has 1 saturated heterocycles. The lowest BCUT2D eigenvalue weighted by molar-refractivity contribution is -0.670. The standard InChI is InChI=1S/C15H16F3N4O9P/c1-20-4-5-21(7-20)32(28,31-13(26)15(16,17)18)29-6-8-10(24)11(25)12(30-8)22-3-2-9(23)19-14(22)27/h2-5,7-8,10-12,24-25H,6H2,1H3/p+1/t8-,10-,11-,12-,32?/m1/s1. The number of carbonyl (C=O) groups excluding carboxylic acids is 1. The molecule has 1 aliphatic heterocycles. The highest BCUT2D eigenvalue weighted by Crippen LogP contribution is 2.51. The van der Waals surface area contributed by atoms with Crippen LogP contribution >= 0.6 is 7.75 Å². The van der Waals surface area contributed by atoms with Gasteiger partial charge in [-0.1, -0.05) is 0 Å². The van der Waals surface area contributed by atoms with E-state index in [0.717, 1.165) is 29.4 Å². The van der Waals surface area contributed by atoms with Gasteiger partial charge in [0.05, 0.1) is 13.7 Å². The third kappa shape index (κ3) is 4.83. The van der Waals surface area contributed by atoms with Crippen LogP contribution < -0.4 is 15.8 Å². The minimum Gasteiger partial charge on any atom is -0.387 e. The lowest BCUT2D eigenvalue weighted by atomic mass is 10.1. The number of carbonyl (C=O) groups is 1. The number of aryl methyl sites for hydroxylation is 1. The molecular weight excluding hydrogens is 468 g/mol. The van der Waals surface area contributed by atoms with Gasteiger partial charge >= 0.3 is 25.6 Å². The maximum atomic E-state index is 13.0. The van der Waals surface area contributed by atoms with Crippen LogP contribution in [0.2, 0.25) is 0 Å². The number of aliphatic hydroxyl groups excluding tert-OH is 2. The van der Waals surface area contributed by atoms with Crippen molar-refractivity contribution < 1.29 is 51.1 Å². The minimum absolute atomic E-state index is 0.596. The summed E-state index contributed by atoms with van der Waals surface area (Å²) in [7, 11) is -3.53. The van der Waals surface area contributed by atoms with Gasteiger partial charge in [0.1, 0.15) is 30.7 Å². The number of hydrogen-bond acceptors (Lipinski definition) is 9. The van der Waals surface area contributed by atoms with E-state index in [9.17, 15) is 42.3 Å². The first-order valence-corrected chi connectivity index (χ1v) is 10.2. The zero-order valence-corrected chi connectivity index (χ0v) is 17.0. The molecule has 1 unspecified atom stereocenters. The average Bonchev–Trinajstić information content (AvgIpc) is 3.25. The second-order valence-electron chi connectivity index (χ2n) is 6.66. The SMILES string of the molecule is C[n+]1ccn(P(=O)(OC[C@H]2O[C@@H](n3ccc(=O)[nH]c3=O)[C@H](O)[C@@H]2O)OC(=O)C(F)(F)F)c1. The molecule has 3 rings (SSSR count). The molecule has 176 valence electrons. The predicted octanol–water partition coefficient (Wildman–Crippen LogP) is -1.44. The number of imidazole rings is 1. The summed E-state index contributed by atoms with van der Waals surface area (Å²) >= 11 is 0. The molecule has 0 saturated carbocycles. The second-order valence-corrected chi connectivity index (χ2v) is 8.50. The summed E-state index contributed by atoms with van der Waals surface area (Å²) in [5.74, 6) is -2.78. The monoisotopic (exact) mass is 485 g/mol. The fourth-order valence-corrected chi connectivity index (χ4v) is 4.21. The molecule has 0 radical (unpaired) electrons. The van der Waals surface area contributed by atoms with Gasteiger partial charge in [0.2, 0.25) is 0 Å². The van der Waals surface area contributed by atoms with Crippen molar-refractivity contribution in [2.24, 2.45) is 7.05 Å². The van der Waals surface area contributed by atoms with E-state index < -0.39 is 62.3 Å². The molecule has 0 spiro atoms. The van der Waals surface area contributed by atoms with Crippen LogP contribution in [0.3, 0.4) is 0 Å². The van der Waals surface area contributed by atoms with Crippen LogP contribution in [-0.2, 0) is 30.2 Å². The molecule has 2 aromatic rings. The third-order valence-electron chi connectivity index (χ3n) is 4.33. The van der Waals surface area contributed by atoms with E-state index in [1.54, 1.807) is 0 Å². The van der Waals surface area contributed by atoms with Crippen LogP contribution in [0.1, 0.15) is 6.23 Å². The predicted molar refractivity (Wildman–Crippen MR) is 94.0 cm³/mol. The molecule has 13 nitrogen and oxygen atoms in total. The normalized spacial score (nSPS) is 25.4. The molecule has 0 aromatic carbocycles. The Morgan fingerprint density at radius 3 is 2.56 bits per heavy atom. The Hall–Kier alpha value is -2.78. The molecule has 0 bridgehead atoms. The first kappa shape index (κ1) is 23.9. The number of aromatic amines is 1. The quantitative estimate of drug-likeness (QED) is 0.328. The fraction of sp³-hybridized carbons (Fsp3) is 0.467. The number of aliphatic hydroxyl groups is 2. The molecule has 0 aliphatic carbocycles. The molecule has 0 amide bonds. The third-order valence-corrected chi connectivity index (χ3v) is 6.01. The van der Waals surface area contributed by atoms with Gasteiger partial charge in [-0.05, 0) is 0 Å². The van der Waals surface area contributed by atoms with Crippen LogP contribution in [0, 0.1) is 0 Å². The second kappa shape index (κ2) is 8.63. The number of H-pyrrole nitrogens is 1. The van der Waals surface area contributed by atoms with E-state index in [-0.39, 0.29) is 0 Å². The summed E-state index contributed by atoms with van der Waals surface area (Å²) in [6.45, 7) is -0.906. The molecule has 5 atom stereocenters. The topological polar surface area (TPSA) is 166 Å². The van der Waals surface area contributed by atoms with E-state index >= 15 is 0 Å². The summed E-state index contributed by atoms with van der Waals surface area (Å²) in [5.41, 5.74) is -1.70. The number of nitrogens with zero attached hydrogens (tertiary/aromatic N) is 3. The van der Waals surface area contributed by atoms with E-state index in [1.165, 1.54) is 17.8 Å². The molecule has 3 heterocycles. The number of ether oxygens (including phenoxy) is 1. The minimum atomic E-state index is -5.47. The molecule has 1 fully saturated rings. The summed E-state index contributed by atoms with van der Waals surface area (Å²) in [6, 6.07) is 0.949. The lowest BCUT2D eigenvalue weighted by Gasteiger charge is -2.18. The van der Waals surface area contributed by atoms with Crippen molar-refractivity contribution in [3.05, 3.63) is 51.8 Å². The van der Waals surface area contributed by atoms with Gasteiger partial charge in [-0.2, -0.15) is 13.2 Å². The number of hydrogen-bond donors (Lipinski definition) is 3. The molecule has 1 aliphatic rings. The van der Waals surface area contributed by atoms with Gasteiger partial charge < -0.3 is 19.5 Å². The molecular formula is C15H17F3N4O9P+. The summed E-state index contributed by atoms with van der Waals surface area (Å²) < 4.78 is 67.9. The Morgan fingerprint density at radius 1 is 1.31 bits per heavy atom. The zero-order chi connectivity index (χ0) is 23.8. The van der Waals surface area contributed by atoms with Crippen molar-refractivity contribution >= 4 is 13.7 Å². The Balaban J connectivity index is 1.81. The number of rotatable bonds is 6. The van der Waals surface area contributed by atoms with E-state index in [4.69, 9.17) is 9.26 Å². The number of nitrogens with one attached hydrogen (secondary N) is 1. The zero-order valence-electron chi connectivity index (χ0n) is 16.1. The summed E-state index contributed by atoms with van der Waals surface area (Å²) in [5, 5.41) is 20.4. The molecule has 32 heavy (non-hydrogen) atoms. The van der Waals surface area contributed by atoms with Crippen molar-refractivity contribution in [3.8, 4) is 0 Å². The van der Waals surface area contributed by atoms with Crippen molar-refractivity contribution in [2.75, 3.05) is 6.61 Å². The van der Waals surface area contributed by atoms with Gasteiger partial charge in [-0.25, -0.2) is 18.7 Å². The Morgan fingerprint density at radius 2 is 2.00 bits per heavy atom. The van der Waals surface area contributed by atoms with Crippen molar-refractivity contribution in [1.82, 2.24) is 13.9 Å². The van der Waals surface area contributed by atoms with Gasteiger partial charge in [-0.15, -0.1) is 4.34 Å². The van der Waals surface area contributed by atoms with Crippen LogP contribution in [0.4, 0.5) is 13.2 Å². The number of halogens is 3. The average molecular weight is 485 g/mol. The van der Waals surface area contributed by atoms with Gasteiger partial charge in [0, 0.05) is 12.3 Å². The van der Waals surface area contributed by atoms with E-state index in [0.29, 0.717) is 4.34 Å². The fourth-order valence-electron chi connectivity index (χ4n) is 2.77. The summed E-state index contributed by atoms with van der Waals surface area (Å²) in [4.78, 5) is 36.3. The van der Waals surface area contributed by atoms with Crippen molar-refractivity contribution in [1.29, 1.82) is 0 Å². The van der Waals surface area contributed by atoms with Crippen LogP contribution in [0.15, 0.2) is 40.6 Å². The molecule has 3 N–H and O–H groups in total. The highest BCUT2D eigenvalue weighted by Gasteiger charge is 2.51. The summed E-state index contributed by atoms with van der Waals surface area (Å²) in [6.07, 6.45) is -7.64. The van der Waals surface area contributed by atoms with Gasteiger partial charge in [-0.3, -0.25) is 18.9 Å². The number of alkyl halides is 3. The van der Waals surface area contributed by atoms with Gasteiger partial charge in [0.15, 0.2) is 6.23 Å². The van der Waals surface area contributed by atoms with Crippen molar-refractivity contribution in [3.63, 3.8) is 0 Å². The van der Waals surface area contributed by atoms with Crippen LogP contribution in [0.5, 0.6) is 0 Å². The van der Waals surface area contributed by atoms with E-state index in [2.05, 4.69) is 4.52 Å². The lowest BCUT2D eigenvalue weighted by Crippen LogP contribution is -2.37. The van der Waals surface area contributed by atoms with E-state index in [1.807, 2.05) is 4.98 Å². The first-order valence-electron chi connectivity index (χ1n) is 8.74. The molecule has 17 heteroatoms. The number of aromatic nitrogens is 4. The van der Waals surface area contributed by atoms with Gasteiger partial charge in [0.25, 0.3) is 11.9 Å². The first-order chi connectivity index (χ1) is 14.8. The Bertz CT molecular complexity index is 1160. The Labute approximate surface area is 175 Å². The van der Waals surface area contributed by atoms with Crippen molar-refractivity contribution in [2.45, 2.75) is 30.7 Å². The maximum absolute atomic E-state index is 13.0. The highest BCUT2D eigenvalue weighted by molar-refractivity contribution is 7.52. The van der Waals surface area contributed by atoms with Crippen LogP contribution in [0.25, 0.3) is 0 Å². The largest absolute Gasteiger partial charge is 0.585 e. The van der Waals surface area contributed by atoms with Crippen LogP contribution in [-0.4, -0.2) is 61.2 Å². The maximum Gasteiger partial charge on any atom is 0.585 e. The Kier molecular flexibility index (Phi) is 6.44. The highest BCUT2D eigenvalue weighted by atomic mass is 31.2.